The van der Waals surface area contributed by atoms with Gasteiger partial charge < -0.3 is 20.3 Å². The molecule has 0 spiro atoms. The van der Waals surface area contributed by atoms with Crippen molar-refractivity contribution in [2.45, 2.75) is 122 Å². The van der Waals surface area contributed by atoms with Crippen molar-refractivity contribution < 1.29 is 29.3 Å². The maximum Gasteiger partial charge on any atom is 0.326 e. The number of carbonyl (C=O) groups excluding carboxylic acids is 1. The molecule has 1 amide bonds. The summed E-state index contributed by atoms with van der Waals surface area (Å²) in [5.41, 5.74) is 0. The van der Waals surface area contributed by atoms with E-state index in [1.54, 1.807) is 6.20 Å². The Hall–Kier alpha value is -2.65. The summed E-state index contributed by atoms with van der Waals surface area (Å²) in [7, 11) is 1.48. The van der Waals surface area contributed by atoms with Gasteiger partial charge in [-0.15, -0.1) is 0 Å². The predicted octanol–water partition coefficient (Wildman–Crippen LogP) is 4.57. The van der Waals surface area contributed by atoms with Gasteiger partial charge in [0.15, 0.2) is 0 Å². The number of nitrogens with zero attached hydrogens (tertiary/aromatic N) is 3. The number of unbranched alkanes of at least 4 members (excludes halogenated alkanes) is 13. The second-order valence-electron chi connectivity index (χ2n) is 9.11. The summed E-state index contributed by atoms with van der Waals surface area (Å²) >= 11 is 0. The van der Waals surface area contributed by atoms with Gasteiger partial charge in [-0.2, -0.15) is 0 Å². The van der Waals surface area contributed by atoms with Gasteiger partial charge in [-0.1, -0.05) is 87.4 Å². The molecule has 1 atom stereocenters. The normalized spacial score (nSPS) is 11.8. The van der Waals surface area contributed by atoms with Crippen LogP contribution >= 0.6 is 0 Å². The molecule has 0 saturated heterocycles. The van der Waals surface area contributed by atoms with Crippen molar-refractivity contribution in [3.63, 3.8) is 0 Å². The maximum absolute atomic E-state index is 12.1. The van der Waals surface area contributed by atoms with E-state index in [1.807, 2.05) is 0 Å². The third-order valence-corrected chi connectivity index (χ3v) is 6.05. The third-order valence-electron chi connectivity index (χ3n) is 6.05. The summed E-state index contributed by atoms with van der Waals surface area (Å²) in [6.07, 6.45) is 18.1. The van der Waals surface area contributed by atoms with Crippen molar-refractivity contribution in [2.75, 3.05) is 7.11 Å². The average molecular weight is 497 g/mol. The molecular weight excluding hydrogens is 452 g/mol. The number of hydrogen-bond donors (Lipinski definition) is 3. The Morgan fingerprint density at radius 2 is 1.34 bits per heavy atom. The zero-order valence-corrected chi connectivity index (χ0v) is 21.3. The fraction of sp³-hybridized carbons (Fsp3) is 0.800. The molecular formula is C25H44N4O6. The minimum absolute atomic E-state index is 0.223. The molecule has 0 aliphatic rings. The fourth-order valence-electron chi connectivity index (χ4n) is 3.95. The molecule has 1 aromatic heterocycles. The lowest BCUT2D eigenvalue weighted by molar-refractivity contribution is -0.142. The van der Waals surface area contributed by atoms with Gasteiger partial charge in [0, 0.05) is 19.4 Å². The Morgan fingerprint density at radius 1 is 0.857 bits per heavy atom. The van der Waals surface area contributed by atoms with Crippen molar-refractivity contribution in [1.29, 1.82) is 0 Å². The summed E-state index contributed by atoms with van der Waals surface area (Å²) in [4.78, 5) is 34.0. The Morgan fingerprint density at radius 3 is 1.77 bits per heavy atom. The summed E-state index contributed by atoms with van der Waals surface area (Å²) in [5, 5.41) is 28.2. The quantitative estimate of drug-likeness (QED) is 0.187. The molecule has 1 aromatic rings. The number of aromatic nitrogens is 3. The largest absolute Gasteiger partial charge is 0.481 e. The zero-order valence-electron chi connectivity index (χ0n) is 21.3. The summed E-state index contributed by atoms with van der Waals surface area (Å²) < 4.78 is 6.44. The molecule has 10 nitrogen and oxygen atoms in total. The highest BCUT2D eigenvalue weighted by molar-refractivity contribution is 5.83. The Balaban J connectivity index is 1.94. The minimum atomic E-state index is -1.05. The monoisotopic (exact) mass is 496 g/mol. The molecule has 200 valence electrons. The number of aliphatic carboxylic acids is 2. The summed E-state index contributed by atoms with van der Waals surface area (Å²) in [5.74, 6) is -1.62. The lowest BCUT2D eigenvalue weighted by atomic mass is 10.0. The number of aryl methyl sites for hydroxylation is 1. The number of ether oxygens (including phenoxy) is 1. The molecule has 0 aromatic carbocycles. The van der Waals surface area contributed by atoms with Crippen molar-refractivity contribution in [2.24, 2.45) is 0 Å². The molecule has 10 heteroatoms. The van der Waals surface area contributed by atoms with Crippen LogP contribution in [0.25, 0.3) is 0 Å². The molecule has 0 bridgehead atoms. The average Bonchev–Trinajstić information content (AvgIpc) is 3.29. The van der Waals surface area contributed by atoms with Crippen LogP contribution in [0.3, 0.4) is 0 Å². The van der Waals surface area contributed by atoms with Gasteiger partial charge in [0.2, 0.25) is 5.91 Å². The highest BCUT2D eigenvalue weighted by Gasteiger charge is 2.20. The number of hydrogen-bond acceptors (Lipinski definition) is 6. The molecule has 1 heterocycles. The Bertz CT molecular complexity index is 725. The molecule has 0 unspecified atom stereocenters. The van der Waals surface area contributed by atoms with Crippen molar-refractivity contribution >= 4 is 17.8 Å². The lowest BCUT2D eigenvalue weighted by Gasteiger charge is -2.14. The fourth-order valence-corrected chi connectivity index (χ4v) is 3.95. The van der Waals surface area contributed by atoms with Crippen LogP contribution in [-0.4, -0.2) is 56.2 Å². The second kappa shape index (κ2) is 19.6. The van der Waals surface area contributed by atoms with E-state index in [0.29, 0.717) is 25.3 Å². The van der Waals surface area contributed by atoms with E-state index in [1.165, 1.54) is 63.2 Å². The van der Waals surface area contributed by atoms with E-state index >= 15 is 0 Å². The van der Waals surface area contributed by atoms with E-state index in [2.05, 4.69) is 15.6 Å². The summed E-state index contributed by atoms with van der Waals surface area (Å²) in [6, 6.07) is -0.949. The first-order valence-electron chi connectivity index (χ1n) is 13.1. The van der Waals surface area contributed by atoms with E-state index in [-0.39, 0.29) is 12.3 Å². The molecule has 0 radical (unpaired) electrons. The van der Waals surface area contributed by atoms with Gasteiger partial charge in [0.05, 0.1) is 13.3 Å². The van der Waals surface area contributed by atoms with E-state index in [4.69, 9.17) is 9.84 Å². The van der Waals surface area contributed by atoms with Gasteiger partial charge in [0.1, 0.15) is 6.04 Å². The van der Waals surface area contributed by atoms with Crippen LogP contribution in [0.1, 0.15) is 109 Å². The van der Waals surface area contributed by atoms with Gasteiger partial charge in [-0.05, 0) is 19.3 Å². The molecule has 35 heavy (non-hydrogen) atoms. The van der Waals surface area contributed by atoms with Crippen LogP contribution in [-0.2, 0) is 20.9 Å². The van der Waals surface area contributed by atoms with Gasteiger partial charge in [0.25, 0.3) is 5.88 Å². The minimum Gasteiger partial charge on any atom is -0.481 e. The number of carboxylic acids is 2. The van der Waals surface area contributed by atoms with Gasteiger partial charge in [-0.3, -0.25) is 9.59 Å². The molecule has 0 aliphatic carbocycles. The topological polar surface area (TPSA) is 144 Å². The van der Waals surface area contributed by atoms with E-state index < -0.39 is 18.0 Å². The van der Waals surface area contributed by atoms with Crippen molar-refractivity contribution in [1.82, 2.24) is 20.3 Å². The first-order chi connectivity index (χ1) is 16.9. The number of carboxylic acid groups (broad SMARTS) is 2. The molecule has 0 aliphatic heterocycles. The van der Waals surface area contributed by atoms with Crippen molar-refractivity contribution in [3.8, 4) is 5.88 Å². The Kier molecular flexibility index (Phi) is 17.0. The zero-order chi connectivity index (χ0) is 25.7. The number of amides is 1. The number of rotatable bonds is 23. The molecule has 1 rings (SSSR count). The SMILES string of the molecule is COc1cn(CC[C@H](NC(=O)CCCCCCCCCCCCCCCCC(=O)O)C(=O)O)nn1. The van der Waals surface area contributed by atoms with Gasteiger partial charge >= 0.3 is 11.9 Å². The van der Waals surface area contributed by atoms with Crippen LogP contribution in [0.5, 0.6) is 5.88 Å². The number of nitrogens with one attached hydrogen (secondary N) is 1. The van der Waals surface area contributed by atoms with E-state index in [9.17, 15) is 19.5 Å². The Labute approximate surface area is 208 Å². The summed E-state index contributed by atoms with van der Waals surface area (Å²) in [6.45, 7) is 0.322. The second-order valence-corrected chi connectivity index (χ2v) is 9.11. The van der Waals surface area contributed by atoms with Crippen molar-refractivity contribution in [3.05, 3.63) is 6.20 Å². The first kappa shape index (κ1) is 30.4. The molecule has 0 fully saturated rings. The van der Waals surface area contributed by atoms with Crippen LogP contribution in [0.2, 0.25) is 0 Å². The molecule has 3 N–H and O–H groups in total. The predicted molar refractivity (Wildman–Crippen MR) is 132 cm³/mol. The van der Waals surface area contributed by atoms with Crippen LogP contribution in [0.15, 0.2) is 6.20 Å². The number of carbonyl (C=O) groups is 3. The number of methoxy groups -OCH3 is 1. The first-order valence-corrected chi connectivity index (χ1v) is 13.1. The third kappa shape index (κ3) is 16.6. The standard InChI is InChI=1S/C25H44N4O6/c1-35-23-20-29(28-27-23)19-18-21(25(33)34)26-22(30)16-14-12-10-8-6-4-2-3-5-7-9-11-13-15-17-24(31)32/h20-21H,2-19H2,1H3,(H,26,30)(H,31,32)(H,33,34)/t21-/m0/s1. The van der Waals surface area contributed by atoms with Crippen LogP contribution < -0.4 is 10.1 Å². The van der Waals surface area contributed by atoms with E-state index in [0.717, 1.165) is 38.5 Å². The lowest BCUT2D eigenvalue weighted by Crippen LogP contribution is -2.41. The molecule has 0 saturated carbocycles. The van der Waals surface area contributed by atoms with Gasteiger partial charge in [-0.25, -0.2) is 9.48 Å². The highest BCUT2D eigenvalue weighted by atomic mass is 16.5. The maximum atomic E-state index is 12.1. The van der Waals surface area contributed by atoms with Crippen LogP contribution in [0, 0.1) is 0 Å². The van der Waals surface area contributed by atoms with Crippen LogP contribution in [0.4, 0.5) is 0 Å². The smallest absolute Gasteiger partial charge is 0.326 e. The highest BCUT2D eigenvalue weighted by Crippen LogP contribution is 2.14.